The molecule has 8 heteroatoms. The predicted octanol–water partition coefficient (Wildman–Crippen LogP) is 3.06. The molecule has 2 aromatic rings. The molecule has 1 amide bonds. The Morgan fingerprint density at radius 1 is 1.23 bits per heavy atom. The first-order valence-corrected chi connectivity index (χ1v) is 8.75. The molecule has 1 saturated heterocycles. The topological polar surface area (TPSA) is 74.8 Å². The minimum absolute atomic E-state index is 0.0337. The fourth-order valence-corrected chi connectivity index (χ4v) is 3.09. The standard InChI is InChI=1S/C18H18Cl2N4O2/c1-26-14-6-3-11(4-7-14)16-9-17(23-22-16)18(25)24-21-10-12-2-5-13(19)8-15(12)20/h2-8,10,16-17,22-23H,9H2,1H3,(H,24,25)/b21-10+. The SMILES string of the molecule is COc1ccc(C2CC(C(=O)N/N=C/c3ccc(Cl)cc3Cl)NN2)cc1. The normalized spacial score (nSPS) is 19.7. The van der Waals surface area contributed by atoms with Gasteiger partial charge in [0.05, 0.1) is 18.3 Å². The van der Waals surface area contributed by atoms with Crippen LogP contribution in [0.5, 0.6) is 5.75 Å². The van der Waals surface area contributed by atoms with Crippen LogP contribution in [0.25, 0.3) is 0 Å². The highest BCUT2D eigenvalue weighted by molar-refractivity contribution is 6.36. The Kier molecular flexibility index (Phi) is 6.11. The number of halogens is 2. The molecule has 0 bridgehead atoms. The smallest absolute Gasteiger partial charge is 0.258 e. The van der Waals surface area contributed by atoms with Gasteiger partial charge in [-0.25, -0.2) is 16.3 Å². The van der Waals surface area contributed by atoms with Crippen LogP contribution in [-0.2, 0) is 4.79 Å². The van der Waals surface area contributed by atoms with Gasteiger partial charge in [0.25, 0.3) is 5.91 Å². The van der Waals surface area contributed by atoms with E-state index in [-0.39, 0.29) is 18.0 Å². The molecule has 6 nitrogen and oxygen atoms in total. The van der Waals surface area contributed by atoms with E-state index in [4.69, 9.17) is 27.9 Å². The zero-order chi connectivity index (χ0) is 18.5. The number of rotatable bonds is 5. The number of hydrazine groups is 1. The Balaban J connectivity index is 1.54. The molecular formula is C18H18Cl2N4O2. The monoisotopic (exact) mass is 392 g/mol. The van der Waals surface area contributed by atoms with Crippen LogP contribution in [0, 0.1) is 0 Å². The molecule has 3 rings (SSSR count). The van der Waals surface area contributed by atoms with Crippen LogP contribution < -0.4 is 21.0 Å². The largest absolute Gasteiger partial charge is 0.497 e. The van der Waals surface area contributed by atoms with Crippen molar-refractivity contribution < 1.29 is 9.53 Å². The van der Waals surface area contributed by atoms with Gasteiger partial charge in [-0.1, -0.05) is 41.4 Å². The molecule has 1 fully saturated rings. The molecule has 1 aliphatic heterocycles. The Bertz CT molecular complexity index is 811. The fourth-order valence-electron chi connectivity index (χ4n) is 2.63. The predicted molar refractivity (Wildman–Crippen MR) is 103 cm³/mol. The molecule has 0 aliphatic carbocycles. The molecule has 0 spiro atoms. The summed E-state index contributed by atoms with van der Waals surface area (Å²) in [5, 5.41) is 4.97. The van der Waals surface area contributed by atoms with Crippen molar-refractivity contribution in [2.45, 2.75) is 18.5 Å². The Morgan fingerprint density at radius 2 is 2.00 bits per heavy atom. The third kappa shape index (κ3) is 4.53. The van der Waals surface area contributed by atoms with Gasteiger partial charge in [0.2, 0.25) is 0 Å². The number of carbonyl (C=O) groups excluding carboxylic acids is 1. The molecule has 1 heterocycles. The lowest BCUT2D eigenvalue weighted by Crippen LogP contribution is -2.41. The van der Waals surface area contributed by atoms with Crippen LogP contribution in [-0.4, -0.2) is 25.3 Å². The first kappa shape index (κ1) is 18.7. The van der Waals surface area contributed by atoms with Crippen LogP contribution in [0.4, 0.5) is 0 Å². The van der Waals surface area contributed by atoms with Crippen molar-refractivity contribution in [3.63, 3.8) is 0 Å². The van der Waals surface area contributed by atoms with Gasteiger partial charge < -0.3 is 4.74 Å². The summed E-state index contributed by atoms with van der Waals surface area (Å²) >= 11 is 11.9. The first-order valence-electron chi connectivity index (χ1n) is 8.00. The second kappa shape index (κ2) is 8.51. The maximum absolute atomic E-state index is 12.3. The highest BCUT2D eigenvalue weighted by Gasteiger charge is 2.30. The van der Waals surface area contributed by atoms with E-state index >= 15 is 0 Å². The van der Waals surface area contributed by atoms with E-state index in [0.717, 1.165) is 11.3 Å². The average molecular weight is 393 g/mol. The van der Waals surface area contributed by atoms with Gasteiger partial charge >= 0.3 is 0 Å². The van der Waals surface area contributed by atoms with Gasteiger partial charge in [0, 0.05) is 16.6 Å². The van der Waals surface area contributed by atoms with E-state index < -0.39 is 0 Å². The summed E-state index contributed by atoms with van der Waals surface area (Å²) in [5.74, 6) is 0.569. The molecule has 26 heavy (non-hydrogen) atoms. The van der Waals surface area contributed by atoms with E-state index in [1.54, 1.807) is 25.3 Å². The summed E-state index contributed by atoms with van der Waals surface area (Å²) in [5.41, 5.74) is 10.4. The number of hydrazone groups is 1. The number of amides is 1. The Labute approximate surface area is 161 Å². The van der Waals surface area contributed by atoms with Crippen molar-refractivity contribution in [3.8, 4) is 5.75 Å². The molecule has 2 unspecified atom stereocenters. The maximum Gasteiger partial charge on any atom is 0.258 e. The van der Waals surface area contributed by atoms with E-state index in [0.29, 0.717) is 22.0 Å². The van der Waals surface area contributed by atoms with Crippen molar-refractivity contribution in [2.75, 3.05) is 7.11 Å². The quantitative estimate of drug-likeness (QED) is 0.539. The summed E-state index contributed by atoms with van der Waals surface area (Å²) in [6, 6.07) is 12.4. The minimum Gasteiger partial charge on any atom is -0.497 e. The van der Waals surface area contributed by atoms with Crippen molar-refractivity contribution in [2.24, 2.45) is 5.10 Å². The van der Waals surface area contributed by atoms with Gasteiger partial charge in [0.15, 0.2) is 0 Å². The zero-order valence-corrected chi connectivity index (χ0v) is 15.5. The number of ether oxygens (including phenoxy) is 1. The summed E-state index contributed by atoms with van der Waals surface area (Å²) in [6.45, 7) is 0. The molecule has 2 atom stereocenters. The molecule has 0 saturated carbocycles. The van der Waals surface area contributed by atoms with Gasteiger partial charge in [-0.2, -0.15) is 5.10 Å². The fraction of sp³-hybridized carbons (Fsp3) is 0.222. The lowest BCUT2D eigenvalue weighted by atomic mass is 10.0. The molecule has 136 valence electrons. The van der Waals surface area contributed by atoms with E-state index in [2.05, 4.69) is 21.4 Å². The number of hydrogen-bond acceptors (Lipinski definition) is 5. The number of carbonyl (C=O) groups is 1. The summed E-state index contributed by atoms with van der Waals surface area (Å²) in [4.78, 5) is 12.3. The third-order valence-electron chi connectivity index (χ3n) is 4.08. The van der Waals surface area contributed by atoms with Gasteiger partial charge in [-0.15, -0.1) is 0 Å². The van der Waals surface area contributed by atoms with Crippen molar-refractivity contribution in [1.82, 2.24) is 16.3 Å². The summed E-state index contributed by atoms with van der Waals surface area (Å²) in [6.07, 6.45) is 2.09. The molecule has 0 aromatic heterocycles. The van der Waals surface area contributed by atoms with Gasteiger partial charge in [-0.05, 0) is 36.2 Å². The molecule has 0 radical (unpaired) electrons. The van der Waals surface area contributed by atoms with Crippen LogP contribution >= 0.6 is 23.2 Å². The van der Waals surface area contributed by atoms with Gasteiger partial charge in [0.1, 0.15) is 11.8 Å². The highest BCUT2D eigenvalue weighted by Crippen LogP contribution is 2.24. The molecular weight excluding hydrogens is 375 g/mol. The van der Waals surface area contributed by atoms with Crippen LogP contribution in [0.1, 0.15) is 23.6 Å². The van der Waals surface area contributed by atoms with E-state index in [1.807, 2.05) is 24.3 Å². The van der Waals surface area contributed by atoms with Gasteiger partial charge in [-0.3, -0.25) is 4.79 Å². The zero-order valence-electron chi connectivity index (χ0n) is 14.0. The summed E-state index contributed by atoms with van der Waals surface area (Å²) in [7, 11) is 1.63. The number of benzene rings is 2. The minimum atomic E-state index is -0.389. The number of methoxy groups -OCH3 is 1. The van der Waals surface area contributed by atoms with Crippen LogP contribution in [0.3, 0.4) is 0 Å². The second-order valence-electron chi connectivity index (χ2n) is 5.80. The third-order valence-corrected chi connectivity index (χ3v) is 4.64. The van der Waals surface area contributed by atoms with Crippen molar-refractivity contribution >= 4 is 35.3 Å². The molecule has 2 aromatic carbocycles. The van der Waals surface area contributed by atoms with Crippen LogP contribution in [0.2, 0.25) is 10.0 Å². The number of nitrogens with zero attached hydrogens (tertiary/aromatic N) is 1. The van der Waals surface area contributed by atoms with Crippen molar-refractivity contribution in [1.29, 1.82) is 0 Å². The molecule has 3 N–H and O–H groups in total. The van der Waals surface area contributed by atoms with Crippen LogP contribution in [0.15, 0.2) is 47.6 Å². The average Bonchev–Trinajstić information content (AvgIpc) is 3.14. The maximum atomic E-state index is 12.3. The lowest BCUT2D eigenvalue weighted by Gasteiger charge is -2.10. The molecule has 1 aliphatic rings. The highest BCUT2D eigenvalue weighted by atomic mass is 35.5. The number of nitrogens with one attached hydrogen (secondary N) is 3. The Morgan fingerprint density at radius 3 is 2.69 bits per heavy atom. The first-order chi connectivity index (χ1) is 12.6. The van der Waals surface area contributed by atoms with E-state index in [9.17, 15) is 4.79 Å². The summed E-state index contributed by atoms with van der Waals surface area (Å²) < 4.78 is 5.15. The van der Waals surface area contributed by atoms with Crippen molar-refractivity contribution in [3.05, 3.63) is 63.6 Å². The number of hydrogen-bond donors (Lipinski definition) is 3. The lowest BCUT2D eigenvalue weighted by molar-refractivity contribution is -0.122. The van der Waals surface area contributed by atoms with E-state index in [1.165, 1.54) is 6.21 Å². The Hall–Kier alpha value is -2.12. The second-order valence-corrected chi connectivity index (χ2v) is 6.65.